The van der Waals surface area contributed by atoms with Crippen molar-refractivity contribution in [1.82, 2.24) is 0 Å². The molecule has 0 saturated carbocycles. The predicted octanol–water partition coefficient (Wildman–Crippen LogP) is 1.73. The SMILES string of the molecule is COC(=O)CCCS(=O)(=O)Nc1cc(N)ccc1Br. The number of benzene rings is 1. The highest BCUT2D eigenvalue weighted by atomic mass is 79.9. The third kappa shape index (κ3) is 5.48. The smallest absolute Gasteiger partial charge is 0.305 e. The van der Waals surface area contributed by atoms with Crippen molar-refractivity contribution in [3.05, 3.63) is 22.7 Å². The van der Waals surface area contributed by atoms with Gasteiger partial charge in [-0.1, -0.05) is 0 Å². The summed E-state index contributed by atoms with van der Waals surface area (Å²) >= 11 is 3.23. The maximum Gasteiger partial charge on any atom is 0.305 e. The molecule has 1 aromatic carbocycles. The first-order valence-electron chi connectivity index (χ1n) is 5.46. The number of nitrogens with one attached hydrogen (secondary N) is 1. The largest absolute Gasteiger partial charge is 0.469 e. The number of rotatable bonds is 6. The summed E-state index contributed by atoms with van der Waals surface area (Å²) in [5, 5.41) is 0. The van der Waals surface area contributed by atoms with Crippen molar-refractivity contribution < 1.29 is 17.9 Å². The zero-order chi connectivity index (χ0) is 14.5. The van der Waals surface area contributed by atoms with Crippen molar-refractivity contribution in [2.45, 2.75) is 12.8 Å². The highest BCUT2D eigenvalue weighted by molar-refractivity contribution is 9.10. The van der Waals surface area contributed by atoms with Crippen LogP contribution in [-0.4, -0.2) is 27.2 Å². The van der Waals surface area contributed by atoms with E-state index in [1.807, 2.05) is 0 Å². The molecule has 19 heavy (non-hydrogen) atoms. The lowest BCUT2D eigenvalue weighted by Gasteiger charge is -2.10. The second-order valence-electron chi connectivity index (χ2n) is 3.84. The van der Waals surface area contributed by atoms with Crippen molar-refractivity contribution in [1.29, 1.82) is 0 Å². The number of methoxy groups -OCH3 is 1. The van der Waals surface area contributed by atoms with E-state index in [9.17, 15) is 13.2 Å². The molecule has 8 heteroatoms. The van der Waals surface area contributed by atoms with Gasteiger partial charge in [-0.2, -0.15) is 0 Å². The van der Waals surface area contributed by atoms with Gasteiger partial charge in [0.05, 0.1) is 18.6 Å². The van der Waals surface area contributed by atoms with Gasteiger partial charge in [-0.15, -0.1) is 0 Å². The summed E-state index contributed by atoms with van der Waals surface area (Å²) in [6, 6.07) is 4.82. The first-order chi connectivity index (χ1) is 8.84. The zero-order valence-electron chi connectivity index (χ0n) is 10.3. The summed E-state index contributed by atoms with van der Waals surface area (Å²) in [6.07, 6.45) is 0.261. The van der Waals surface area contributed by atoms with Crippen molar-refractivity contribution in [3.8, 4) is 0 Å². The quantitative estimate of drug-likeness (QED) is 0.601. The Balaban J connectivity index is 2.64. The molecule has 3 N–H and O–H groups in total. The normalized spacial score (nSPS) is 11.1. The number of nitrogens with two attached hydrogens (primary N) is 1. The molecule has 0 fully saturated rings. The molecule has 0 aliphatic heterocycles. The van der Waals surface area contributed by atoms with Gasteiger partial charge in [0.1, 0.15) is 0 Å². The second-order valence-corrected chi connectivity index (χ2v) is 6.54. The summed E-state index contributed by atoms with van der Waals surface area (Å²) in [6.45, 7) is 0. The Morgan fingerprint density at radius 3 is 2.79 bits per heavy atom. The van der Waals surface area contributed by atoms with Crippen molar-refractivity contribution in [2.24, 2.45) is 0 Å². The minimum atomic E-state index is -3.52. The standard InChI is InChI=1S/C11H15BrN2O4S/c1-18-11(15)3-2-6-19(16,17)14-10-7-8(13)4-5-9(10)12/h4-5,7,14H,2-3,6,13H2,1H3. The fourth-order valence-electron chi connectivity index (χ4n) is 1.35. The van der Waals surface area contributed by atoms with Gasteiger partial charge in [-0.05, 0) is 40.5 Å². The molecule has 0 aromatic heterocycles. The summed E-state index contributed by atoms with van der Waals surface area (Å²) in [7, 11) is -2.26. The number of carbonyl (C=O) groups is 1. The lowest BCUT2D eigenvalue weighted by molar-refractivity contribution is -0.140. The average Bonchev–Trinajstić information content (AvgIpc) is 2.33. The molecule has 0 unspecified atom stereocenters. The molecule has 1 aromatic rings. The highest BCUT2D eigenvalue weighted by Gasteiger charge is 2.13. The highest BCUT2D eigenvalue weighted by Crippen LogP contribution is 2.25. The van der Waals surface area contributed by atoms with Crippen LogP contribution < -0.4 is 10.5 Å². The van der Waals surface area contributed by atoms with Gasteiger partial charge in [0.2, 0.25) is 10.0 Å². The average molecular weight is 351 g/mol. The number of sulfonamides is 1. The van der Waals surface area contributed by atoms with Gasteiger partial charge in [0.25, 0.3) is 0 Å². The Bertz CT molecular complexity index is 560. The second kappa shape index (κ2) is 6.76. The molecule has 0 heterocycles. The summed E-state index contributed by atoms with van der Waals surface area (Å²) < 4.78 is 31.1. The van der Waals surface area contributed by atoms with Gasteiger partial charge in [-0.3, -0.25) is 9.52 Å². The summed E-state index contributed by atoms with van der Waals surface area (Å²) in [5.74, 6) is -0.594. The third-order valence-corrected chi connectivity index (χ3v) is 4.33. The predicted molar refractivity (Wildman–Crippen MR) is 77.2 cm³/mol. The van der Waals surface area contributed by atoms with Crippen LogP contribution in [0.4, 0.5) is 11.4 Å². The van der Waals surface area contributed by atoms with Crippen LogP contribution in [0.5, 0.6) is 0 Å². The molecule has 0 amide bonds. The minimum Gasteiger partial charge on any atom is -0.469 e. The number of hydrogen-bond donors (Lipinski definition) is 2. The van der Waals surface area contributed by atoms with Crippen LogP contribution in [-0.2, 0) is 19.6 Å². The maximum atomic E-state index is 11.8. The maximum absolute atomic E-state index is 11.8. The number of hydrogen-bond acceptors (Lipinski definition) is 5. The molecule has 0 aliphatic rings. The van der Waals surface area contributed by atoms with Crippen LogP contribution in [0.3, 0.4) is 0 Å². The van der Waals surface area contributed by atoms with E-state index in [1.165, 1.54) is 13.2 Å². The Kier molecular flexibility index (Phi) is 5.61. The third-order valence-electron chi connectivity index (χ3n) is 2.28. The van der Waals surface area contributed by atoms with E-state index in [1.54, 1.807) is 12.1 Å². The first kappa shape index (κ1) is 15.8. The lowest BCUT2D eigenvalue weighted by atomic mass is 10.3. The van der Waals surface area contributed by atoms with Gasteiger partial charge in [-0.25, -0.2) is 8.42 Å². The van der Waals surface area contributed by atoms with Gasteiger partial charge < -0.3 is 10.5 Å². The van der Waals surface area contributed by atoms with Crippen LogP contribution in [0.1, 0.15) is 12.8 Å². The van der Waals surface area contributed by atoms with Gasteiger partial charge >= 0.3 is 5.97 Å². The van der Waals surface area contributed by atoms with Crippen LogP contribution in [0.15, 0.2) is 22.7 Å². The topological polar surface area (TPSA) is 98.5 Å². The summed E-state index contributed by atoms with van der Waals surface area (Å²) in [5.41, 5.74) is 6.41. The molecule has 0 spiro atoms. The van der Waals surface area contributed by atoms with Crippen LogP contribution in [0.2, 0.25) is 0 Å². The monoisotopic (exact) mass is 350 g/mol. The zero-order valence-corrected chi connectivity index (χ0v) is 12.8. The van der Waals surface area contributed by atoms with E-state index in [4.69, 9.17) is 5.73 Å². The number of esters is 1. The molecule has 0 atom stereocenters. The van der Waals surface area contributed by atoms with E-state index in [0.29, 0.717) is 15.8 Å². The molecular weight excluding hydrogens is 336 g/mol. The van der Waals surface area contributed by atoms with E-state index >= 15 is 0 Å². The number of halogens is 1. The Hall–Kier alpha value is -1.28. The van der Waals surface area contributed by atoms with E-state index in [0.717, 1.165) is 0 Å². The fraction of sp³-hybridized carbons (Fsp3) is 0.364. The van der Waals surface area contributed by atoms with Crippen LogP contribution in [0.25, 0.3) is 0 Å². The number of nitrogen functional groups attached to an aromatic ring is 1. The van der Waals surface area contributed by atoms with E-state index < -0.39 is 16.0 Å². The molecule has 0 saturated heterocycles. The molecule has 1 rings (SSSR count). The van der Waals surface area contributed by atoms with Crippen LogP contribution >= 0.6 is 15.9 Å². The number of anilines is 2. The molecule has 106 valence electrons. The van der Waals surface area contributed by atoms with Crippen molar-refractivity contribution in [3.63, 3.8) is 0 Å². The Morgan fingerprint density at radius 2 is 2.16 bits per heavy atom. The van der Waals surface area contributed by atoms with Gasteiger partial charge in [0, 0.05) is 16.6 Å². The van der Waals surface area contributed by atoms with E-state index in [2.05, 4.69) is 25.4 Å². The van der Waals surface area contributed by atoms with Gasteiger partial charge in [0.15, 0.2) is 0 Å². The van der Waals surface area contributed by atoms with Crippen molar-refractivity contribution in [2.75, 3.05) is 23.3 Å². The lowest BCUT2D eigenvalue weighted by Crippen LogP contribution is -2.18. The Labute approximate surface area is 120 Å². The number of ether oxygens (including phenoxy) is 1. The number of carbonyl (C=O) groups excluding carboxylic acids is 1. The molecule has 6 nitrogen and oxygen atoms in total. The van der Waals surface area contributed by atoms with E-state index in [-0.39, 0.29) is 18.6 Å². The summed E-state index contributed by atoms with van der Waals surface area (Å²) in [4.78, 5) is 10.9. The molecule has 0 bridgehead atoms. The van der Waals surface area contributed by atoms with Crippen molar-refractivity contribution >= 4 is 43.3 Å². The minimum absolute atomic E-state index is 0.0650. The Morgan fingerprint density at radius 1 is 1.47 bits per heavy atom. The molecule has 0 radical (unpaired) electrons. The van der Waals surface area contributed by atoms with Crippen LogP contribution in [0, 0.1) is 0 Å². The fourth-order valence-corrected chi connectivity index (χ4v) is 2.96. The first-order valence-corrected chi connectivity index (χ1v) is 7.91. The molecular formula is C11H15BrN2O4S. The molecule has 0 aliphatic carbocycles.